The van der Waals surface area contributed by atoms with Gasteiger partial charge in [-0.3, -0.25) is 9.59 Å². The highest BCUT2D eigenvalue weighted by Gasteiger charge is 2.20. The topological polar surface area (TPSA) is 75.6 Å². The molecule has 0 aliphatic rings. The molecule has 0 spiro atoms. The number of benzene rings is 3. The van der Waals surface area contributed by atoms with Crippen LogP contribution >= 0.6 is 0 Å². The van der Waals surface area contributed by atoms with Crippen molar-refractivity contribution in [3.05, 3.63) is 77.9 Å². The van der Waals surface area contributed by atoms with Gasteiger partial charge in [-0.1, -0.05) is 60.7 Å². The molecule has 5 nitrogen and oxygen atoms in total. The van der Waals surface area contributed by atoms with Crippen LogP contribution in [0.25, 0.3) is 10.8 Å². The Morgan fingerprint density at radius 3 is 2.44 bits per heavy atom. The molecule has 138 valence electrons. The lowest BCUT2D eigenvalue weighted by Crippen LogP contribution is -2.38. The van der Waals surface area contributed by atoms with Gasteiger partial charge < -0.3 is 15.2 Å². The summed E-state index contributed by atoms with van der Waals surface area (Å²) in [5, 5.41) is 13.3. The van der Waals surface area contributed by atoms with E-state index in [0.717, 1.165) is 16.3 Å². The Labute approximate surface area is 157 Å². The Bertz CT molecular complexity index is 953. The fraction of sp³-hybridized carbons (Fsp3) is 0.182. The van der Waals surface area contributed by atoms with E-state index >= 15 is 0 Å². The monoisotopic (exact) mass is 363 g/mol. The van der Waals surface area contributed by atoms with Crippen molar-refractivity contribution in [2.45, 2.75) is 19.4 Å². The predicted molar refractivity (Wildman–Crippen MR) is 104 cm³/mol. The summed E-state index contributed by atoms with van der Waals surface area (Å²) in [5.74, 6) is -1.08. The number of aliphatic carboxylic acids is 1. The molecule has 1 amide bonds. The van der Waals surface area contributed by atoms with Crippen LogP contribution < -0.4 is 10.1 Å². The van der Waals surface area contributed by atoms with Gasteiger partial charge >= 0.3 is 5.97 Å². The van der Waals surface area contributed by atoms with Crippen molar-refractivity contribution >= 4 is 22.6 Å². The molecule has 5 heteroatoms. The quantitative estimate of drug-likeness (QED) is 0.672. The van der Waals surface area contributed by atoms with Gasteiger partial charge in [0.2, 0.25) is 0 Å². The van der Waals surface area contributed by atoms with Crippen molar-refractivity contribution in [1.82, 2.24) is 5.32 Å². The number of carbonyl (C=O) groups excluding carboxylic acids is 1. The van der Waals surface area contributed by atoms with E-state index in [-0.39, 0.29) is 0 Å². The van der Waals surface area contributed by atoms with E-state index < -0.39 is 17.9 Å². The van der Waals surface area contributed by atoms with Crippen LogP contribution in [0.3, 0.4) is 0 Å². The van der Waals surface area contributed by atoms with E-state index in [4.69, 9.17) is 9.84 Å². The minimum absolute atomic E-state index is 0.329. The van der Waals surface area contributed by atoms with E-state index in [1.165, 1.54) is 6.92 Å². The highest BCUT2D eigenvalue weighted by Crippen LogP contribution is 2.30. The van der Waals surface area contributed by atoms with Crippen molar-refractivity contribution < 1.29 is 19.4 Å². The van der Waals surface area contributed by atoms with E-state index in [9.17, 15) is 9.59 Å². The largest absolute Gasteiger partial charge is 0.492 e. The summed E-state index contributed by atoms with van der Waals surface area (Å²) in [6.45, 7) is 1.84. The molecule has 0 bridgehead atoms. The lowest BCUT2D eigenvalue weighted by Gasteiger charge is -2.16. The molecule has 0 radical (unpaired) electrons. The zero-order valence-corrected chi connectivity index (χ0v) is 15.0. The number of carbonyl (C=O) groups is 2. The van der Waals surface area contributed by atoms with Crippen molar-refractivity contribution in [2.75, 3.05) is 6.61 Å². The van der Waals surface area contributed by atoms with Crippen LogP contribution in [-0.4, -0.2) is 29.6 Å². The first-order chi connectivity index (χ1) is 13.1. The van der Waals surface area contributed by atoms with Crippen molar-refractivity contribution in [2.24, 2.45) is 0 Å². The Hall–Kier alpha value is -3.34. The maximum Gasteiger partial charge on any atom is 0.325 e. The minimum atomic E-state index is -1.09. The second kappa shape index (κ2) is 8.36. The molecule has 0 aliphatic heterocycles. The van der Waals surface area contributed by atoms with Crippen molar-refractivity contribution in [3.8, 4) is 5.75 Å². The number of amides is 1. The third kappa shape index (κ3) is 4.44. The first-order valence-corrected chi connectivity index (χ1v) is 8.78. The zero-order chi connectivity index (χ0) is 19.2. The Kier molecular flexibility index (Phi) is 5.71. The molecule has 0 heterocycles. The minimum Gasteiger partial charge on any atom is -0.492 e. The number of carboxylic acids is 1. The normalized spacial score (nSPS) is 11.7. The van der Waals surface area contributed by atoms with Crippen LogP contribution in [0.4, 0.5) is 0 Å². The van der Waals surface area contributed by atoms with E-state index in [0.29, 0.717) is 24.3 Å². The van der Waals surface area contributed by atoms with Gasteiger partial charge in [0.15, 0.2) is 0 Å². The second-order valence-electron chi connectivity index (χ2n) is 6.28. The number of nitrogens with one attached hydrogen (secondary N) is 1. The number of hydrogen-bond donors (Lipinski definition) is 2. The molecule has 0 aromatic heterocycles. The number of ether oxygens (including phenoxy) is 1. The van der Waals surface area contributed by atoms with Gasteiger partial charge in [-0.15, -0.1) is 0 Å². The molecule has 0 saturated heterocycles. The summed E-state index contributed by atoms with van der Waals surface area (Å²) in [5.41, 5.74) is 1.47. The molecule has 1 atom stereocenters. The van der Waals surface area contributed by atoms with Crippen LogP contribution in [0.5, 0.6) is 5.75 Å². The lowest BCUT2D eigenvalue weighted by atomic mass is 10.0. The fourth-order valence-electron chi connectivity index (χ4n) is 2.83. The smallest absolute Gasteiger partial charge is 0.325 e. The summed E-state index contributed by atoms with van der Waals surface area (Å²) in [7, 11) is 0. The second-order valence-corrected chi connectivity index (χ2v) is 6.28. The van der Waals surface area contributed by atoms with Crippen molar-refractivity contribution in [1.29, 1.82) is 0 Å². The fourth-order valence-corrected chi connectivity index (χ4v) is 2.83. The van der Waals surface area contributed by atoms with Crippen LogP contribution in [0.15, 0.2) is 66.7 Å². The number of carboxylic acid groups (broad SMARTS) is 1. The molecule has 3 aromatic rings. The molecule has 0 saturated carbocycles. The van der Waals surface area contributed by atoms with Crippen LogP contribution in [0.1, 0.15) is 22.8 Å². The first kappa shape index (κ1) is 18.5. The molecular weight excluding hydrogens is 342 g/mol. The Morgan fingerprint density at radius 1 is 1.00 bits per heavy atom. The summed E-state index contributed by atoms with van der Waals surface area (Å²) in [4.78, 5) is 23.6. The average molecular weight is 363 g/mol. The van der Waals surface area contributed by atoms with Crippen molar-refractivity contribution in [3.63, 3.8) is 0 Å². The highest BCUT2D eigenvalue weighted by atomic mass is 16.5. The highest BCUT2D eigenvalue weighted by molar-refractivity contribution is 6.04. The number of rotatable bonds is 7. The van der Waals surface area contributed by atoms with Crippen LogP contribution in [-0.2, 0) is 11.2 Å². The van der Waals surface area contributed by atoms with Crippen LogP contribution in [0, 0.1) is 0 Å². The maximum atomic E-state index is 12.6. The molecule has 27 heavy (non-hydrogen) atoms. The standard InChI is InChI=1S/C22H21NO4/c1-15(22(25)26)23-21(24)19-12-11-17-9-5-6-10-18(17)20(19)27-14-13-16-7-3-2-4-8-16/h2-12,15H,13-14H2,1H3,(H,23,24)(H,25,26). The molecule has 2 N–H and O–H groups in total. The van der Waals surface area contributed by atoms with Gasteiger partial charge in [0.05, 0.1) is 12.2 Å². The summed E-state index contributed by atoms with van der Waals surface area (Å²) >= 11 is 0. The van der Waals surface area contributed by atoms with E-state index in [1.807, 2.05) is 60.7 Å². The molecular formula is C22H21NO4. The molecule has 0 aliphatic carbocycles. The average Bonchev–Trinajstić information content (AvgIpc) is 2.68. The van der Waals surface area contributed by atoms with Gasteiger partial charge in [-0.2, -0.15) is 0 Å². The number of fused-ring (bicyclic) bond motifs is 1. The van der Waals surface area contributed by atoms with Gasteiger partial charge in [0, 0.05) is 11.8 Å². The zero-order valence-electron chi connectivity index (χ0n) is 15.0. The SMILES string of the molecule is CC(NC(=O)c1ccc2ccccc2c1OCCc1ccccc1)C(=O)O. The predicted octanol–water partition coefficient (Wildman–Crippen LogP) is 3.66. The van der Waals surface area contributed by atoms with Gasteiger partial charge in [-0.25, -0.2) is 0 Å². The molecule has 1 unspecified atom stereocenters. The van der Waals surface area contributed by atoms with Gasteiger partial charge in [0.25, 0.3) is 5.91 Å². The lowest BCUT2D eigenvalue weighted by molar-refractivity contribution is -0.138. The summed E-state index contributed by atoms with van der Waals surface area (Å²) in [6, 6.07) is 20.1. The third-order valence-corrected chi connectivity index (χ3v) is 4.32. The third-order valence-electron chi connectivity index (χ3n) is 4.32. The van der Waals surface area contributed by atoms with Gasteiger partial charge in [-0.05, 0) is 23.9 Å². The summed E-state index contributed by atoms with van der Waals surface area (Å²) in [6.07, 6.45) is 0.705. The summed E-state index contributed by atoms with van der Waals surface area (Å²) < 4.78 is 6.01. The van der Waals surface area contributed by atoms with Gasteiger partial charge in [0.1, 0.15) is 11.8 Å². The molecule has 3 aromatic carbocycles. The molecule has 3 rings (SSSR count). The number of hydrogen-bond acceptors (Lipinski definition) is 3. The van der Waals surface area contributed by atoms with E-state index in [1.54, 1.807) is 6.07 Å². The Balaban J connectivity index is 1.87. The first-order valence-electron chi connectivity index (χ1n) is 8.78. The Morgan fingerprint density at radius 2 is 1.70 bits per heavy atom. The van der Waals surface area contributed by atoms with Crippen LogP contribution in [0.2, 0.25) is 0 Å². The maximum absolute atomic E-state index is 12.6. The van der Waals surface area contributed by atoms with E-state index in [2.05, 4.69) is 5.32 Å². The molecule has 0 fully saturated rings.